The Morgan fingerprint density at radius 2 is 1.56 bits per heavy atom. The lowest BCUT2D eigenvalue weighted by molar-refractivity contribution is 0.0664. The Labute approximate surface area is 254 Å². The van der Waals surface area contributed by atoms with Gasteiger partial charge in [-0.1, -0.05) is 77.8 Å². The second-order valence-electron chi connectivity index (χ2n) is 11.2. The van der Waals surface area contributed by atoms with Gasteiger partial charge < -0.3 is 14.4 Å². The summed E-state index contributed by atoms with van der Waals surface area (Å²) < 4.78 is 11.5. The molecule has 7 heteroatoms. The molecule has 4 aromatic rings. The minimum absolute atomic E-state index is 0.204. The van der Waals surface area contributed by atoms with Crippen molar-refractivity contribution in [2.75, 3.05) is 19.1 Å². The van der Waals surface area contributed by atoms with E-state index in [-0.39, 0.29) is 17.3 Å². The molecule has 0 amide bonds. The number of Topliss-reactive ketones (excluding diaryl/α,β-unsaturated/α-hetero) is 3. The van der Waals surface area contributed by atoms with Crippen molar-refractivity contribution in [1.29, 1.82) is 0 Å². The summed E-state index contributed by atoms with van der Waals surface area (Å²) in [5.41, 5.74) is 2.65. The molecular weight excluding hydrogens is 562 g/mol. The Hall–Kier alpha value is -4.68. The number of ether oxygens (including phenoxy) is 2. The van der Waals surface area contributed by atoms with Crippen LogP contribution in [-0.2, 0) is 0 Å². The van der Waals surface area contributed by atoms with E-state index in [1.54, 1.807) is 74.9 Å². The van der Waals surface area contributed by atoms with Crippen molar-refractivity contribution in [3.05, 3.63) is 129 Å². The fourth-order valence-corrected chi connectivity index (χ4v) is 7.44. The van der Waals surface area contributed by atoms with Crippen LogP contribution in [0.5, 0.6) is 11.5 Å². The number of fused-ring (bicyclic) bond motifs is 5. The molecule has 2 heterocycles. The van der Waals surface area contributed by atoms with Gasteiger partial charge in [-0.3, -0.25) is 14.4 Å². The third-order valence-electron chi connectivity index (χ3n) is 9.14. The van der Waals surface area contributed by atoms with Crippen LogP contribution >= 0.6 is 11.6 Å². The first kappa shape index (κ1) is 27.2. The molecule has 1 aliphatic carbocycles. The number of aryl methyl sites for hydroxylation is 1. The quantitative estimate of drug-likeness (QED) is 0.185. The van der Waals surface area contributed by atoms with E-state index in [0.717, 1.165) is 16.8 Å². The summed E-state index contributed by atoms with van der Waals surface area (Å²) in [5, 5.41) is 0.545. The summed E-state index contributed by atoms with van der Waals surface area (Å²) in [7, 11) is 3.10. The zero-order chi connectivity index (χ0) is 30.0. The molecule has 0 saturated carbocycles. The van der Waals surface area contributed by atoms with Crippen molar-refractivity contribution >= 4 is 40.7 Å². The van der Waals surface area contributed by atoms with E-state index in [0.29, 0.717) is 38.8 Å². The fraction of sp³-hybridized carbons (Fsp3) is 0.194. The predicted octanol–water partition coefficient (Wildman–Crippen LogP) is 6.98. The van der Waals surface area contributed by atoms with E-state index in [1.165, 1.54) is 0 Å². The van der Waals surface area contributed by atoms with Crippen LogP contribution in [0.25, 0.3) is 6.08 Å². The van der Waals surface area contributed by atoms with E-state index in [2.05, 4.69) is 0 Å². The highest BCUT2D eigenvalue weighted by Crippen LogP contribution is 2.62. The predicted molar refractivity (Wildman–Crippen MR) is 166 cm³/mol. The highest BCUT2D eigenvalue weighted by Gasteiger charge is 2.72. The van der Waals surface area contributed by atoms with Crippen LogP contribution in [0.4, 0.5) is 5.69 Å². The minimum Gasteiger partial charge on any atom is -0.497 e. The van der Waals surface area contributed by atoms with Crippen LogP contribution in [0.2, 0.25) is 5.02 Å². The monoisotopic (exact) mass is 589 g/mol. The summed E-state index contributed by atoms with van der Waals surface area (Å²) in [6, 6.07) is 23.4. The maximum absolute atomic E-state index is 14.9. The largest absolute Gasteiger partial charge is 0.497 e. The summed E-state index contributed by atoms with van der Waals surface area (Å²) in [6.45, 7) is 1.96. The molecule has 7 rings (SSSR count). The van der Waals surface area contributed by atoms with E-state index in [9.17, 15) is 14.4 Å². The molecule has 0 unspecified atom stereocenters. The fourth-order valence-electron chi connectivity index (χ4n) is 7.26. The molecule has 214 valence electrons. The number of methoxy groups -OCH3 is 2. The van der Waals surface area contributed by atoms with Crippen LogP contribution in [-0.4, -0.2) is 43.7 Å². The number of ketones is 3. The number of nitrogens with zero attached hydrogens (tertiary/aromatic N) is 1. The SMILES string of the molecule is COc1ccc(OC)c([C@@H]2[C@@H](C(=O)c3ccc(C)cc3)N3c4ccc(Cl)cc4C=C[C@H]3C23C(=O)c2ccccc2C3=O)c1. The molecular formula is C36H28ClNO5. The van der Waals surface area contributed by atoms with Gasteiger partial charge in [-0.15, -0.1) is 0 Å². The number of hydrogen-bond donors (Lipinski definition) is 0. The smallest absolute Gasteiger partial charge is 0.185 e. The maximum Gasteiger partial charge on any atom is 0.185 e. The number of rotatable bonds is 5. The first-order chi connectivity index (χ1) is 20.8. The third kappa shape index (κ3) is 3.76. The standard InChI is InChI=1S/C36H28ClNO5/c1-20-8-10-21(11-9-20)33(39)32-31(27-19-24(42-2)14-16-29(27)43-3)36(34(40)25-6-4-5-7-26(25)35(36)41)30-17-12-22-18-23(37)13-15-28(22)38(30)32/h4-19,30-32H,1-3H3/t30-,31+,32-/m0/s1. The van der Waals surface area contributed by atoms with Gasteiger partial charge in [0.05, 0.1) is 20.3 Å². The van der Waals surface area contributed by atoms with Gasteiger partial charge in [0, 0.05) is 38.9 Å². The molecule has 3 aliphatic rings. The highest BCUT2D eigenvalue weighted by molar-refractivity contribution is 6.33. The summed E-state index contributed by atoms with van der Waals surface area (Å²) in [5.74, 6) is -0.753. The van der Waals surface area contributed by atoms with Gasteiger partial charge in [-0.2, -0.15) is 0 Å². The Kier molecular flexibility index (Phi) is 6.29. The average Bonchev–Trinajstić information content (AvgIpc) is 3.46. The minimum atomic E-state index is -1.65. The summed E-state index contributed by atoms with van der Waals surface area (Å²) in [4.78, 5) is 46.5. The van der Waals surface area contributed by atoms with E-state index < -0.39 is 23.4 Å². The van der Waals surface area contributed by atoms with E-state index in [4.69, 9.17) is 21.1 Å². The highest BCUT2D eigenvalue weighted by atomic mass is 35.5. The first-order valence-electron chi connectivity index (χ1n) is 14.1. The van der Waals surface area contributed by atoms with Crippen LogP contribution in [0.3, 0.4) is 0 Å². The van der Waals surface area contributed by atoms with Gasteiger partial charge in [0.15, 0.2) is 17.3 Å². The molecule has 0 aromatic heterocycles. The second kappa shape index (κ2) is 9.96. The molecule has 1 fully saturated rings. The molecule has 1 spiro atoms. The number of halogens is 1. The number of benzene rings is 4. The van der Waals surface area contributed by atoms with Gasteiger partial charge in [0.2, 0.25) is 0 Å². The van der Waals surface area contributed by atoms with Gasteiger partial charge in [-0.05, 0) is 48.9 Å². The lowest BCUT2D eigenvalue weighted by Gasteiger charge is -2.37. The molecule has 0 N–H and O–H groups in total. The lowest BCUT2D eigenvalue weighted by atomic mass is 9.64. The molecule has 43 heavy (non-hydrogen) atoms. The van der Waals surface area contributed by atoms with Gasteiger partial charge in [-0.25, -0.2) is 0 Å². The number of anilines is 1. The lowest BCUT2D eigenvalue weighted by Crippen LogP contribution is -2.48. The average molecular weight is 590 g/mol. The number of carbonyl (C=O) groups excluding carboxylic acids is 3. The van der Waals surface area contributed by atoms with Crippen LogP contribution < -0.4 is 14.4 Å². The van der Waals surface area contributed by atoms with E-state index >= 15 is 0 Å². The Bertz CT molecular complexity index is 1830. The topological polar surface area (TPSA) is 72.9 Å². The van der Waals surface area contributed by atoms with Crippen LogP contribution in [0.1, 0.15) is 53.7 Å². The molecule has 4 aromatic carbocycles. The van der Waals surface area contributed by atoms with Crippen molar-refractivity contribution in [2.45, 2.75) is 24.9 Å². The van der Waals surface area contributed by atoms with Crippen molar-refractivity contribution in [1.82, 2.24) is 0 Å². The summed E-state index contributed by atoms with van der Waals surface area (Å²) in [6.07, 6.45) is 3.77. The Balaban J connectivity index is 1.58. The van der Waals surface area contributed by atoms with Crippen molar-refractivity contribution < 1.29 is 23.9 Å². The van der Waals surface area contributed by atoms with Crippen LogP contribution in [0.15, 0.2) is 91.0 Å². The van der Waals surface area contributed by atoms with Crippen molar-refractivity contribution in [3.63, 3.8) is 0 Å². The maximum atomic E-state index is 14.9. The molecule has 0 bridgehead atoms. The van der Waals surface area contributed by atoms with Gasteiger partial charge >= 0.3 is 0 Å². The summed E-state index contributed by atoms with van der Waals surface area (Å²) >= 11 is 6.40. The van der Waals surface area contributed by atoms with Gasteiger partial charge in [0.25, 0.3) is 0 Å². The zero-order valence-electron chi connectivity index (χ0n) is 23.8. The van der Waals surface area contributed by atoms with Gasteiger partial charge in [0.1, 0.15) is 23.0 Å². The normalized spacial score (nSPS) is 21.0. The van der Waals surface area contributed by atoms with Crippen molar-refractivity contribution in [2.24, 2.45) is 5.41 Å². The molecule has 3 atom stereocenters. The zero-order valence-corrected chi connectivity index (χ0v) is 24.6. The van der Waals surface area contributed by atoms with E-state index in [1.807, 2.05) is 48.2 Å². The second-order valence-corrected chi connectivity index (χ2v) is 11.7. The molecule has 2 aliphatic heterocycles. The molecule has 1 saturated heterocycles. The van der Waals surface area contributed by atoms with Crippen LogP contribution in [0, 0.1) is 12.3 Å². The number of hydrogen-bond acceptors (Lipinski definition) is 6. The Morgan fingerprint density at radius 3 is 2.21 bits per heavy atom. The molecule has 6 nitrogen and oxygen atoms in total. The first-order valence-corrected chi connectivity index (χ1v) is 14.5. The van der Waals surface area contributed by atoms with Crippen molar-refractivity contribution in [3.8, 4) is 11.5 Å². The third-order valence-corrected chi connectivity index (χ3v) is 9.38. The Morgan fingerprint density at radius 1 is 0.860 bits per heavy atom. The molecule has 0 radical (unpaired) electrons. The number of carbonyl (C=O) groups is 3.